The van der Waals surface area contributed by atoms with E-state index in [1.54, 1.807) is 20.8 Å². The van der Waals surface area contributed by atoms with Gasteiger partial charge in [-0.3, -0.25) is 5.32 Å². The van der Waals surface area contributed by atoms with Crippen LogP contribution in [0.25, 0.3) is 0 Å². The number of aromatic nitrogens is 1. The Labute approximate surface area is 119 Å². The first kappa shape index (κ1) is 15.9. The van der Waals surface area contributed by atoms with E-state index >= 15 is 0 Å². The summed E-state index contributed by atoms with van der Waals surface area (Å²) in [4.78, 5) is 30.9. The second-order valence-corrected chi connectivity index (χ2v) is 5.45. The number of carbonyl (C=O) groups excluding carboxylic acids is 1. The van der Waals surface area contributed by atoms with Crippen molar-refractivity contribution >= 4 is 34.2 Å². The number of oxime groups is 1. The van der Waals surface area contributed by atoms with E-state index < -0.39 is 17.7 Å². The number of amides is 1. The molecular formula is C11H15N3O5S. The van der Waals surface area contributed by atoms with Gasteiger partial charge in [-0.15, -0.1) is 11.3 Å². The van der Waals surface area contributed by atoms with Crippen LogP contribution in [-0.2, 0) is 14.4 Å². The minimum absolute atomic E-state index is 0.0930. The normalized spacial score (nSPS) is 11.9. The van der Waals surface area contributed by atoms with Crippen LogP contribution < -0.4 is 5.32 Å². The lowest BCUT2D eigenvalue weighted by atomic mass is 10.2. The smallest absolute Gasteiger partial charge is 0.413 e. The summed E-state index contributed by atoms with van der Waals surface area (Å²) >= 11 is 1.05. The number of rotatable bonds is 4. The summed E-state index contributed by atoms with van der Waals surface area (Å²) in [6.45, 7) is 5.19. The highest BCUT2D eigenvalue weighted by Crippen LogP contribution is 2.18. The van der Waals surface area contributed by atoms with Crippen molar-refractivity contribution in [3.63, 3.8) is 0 Å². The number of ether oxygens (including phenoxy) is 1. The number of nitrogens with one attached hydrogen (secondary N) is 1. The lowest BCUT2D eigenvalue weighted by Crippen LogP contribution is -2.27. The molecule has 2 N–H and O–H groups in total. The number of carboxylic acids is 1. The molecule has 110 valence electrons. The van der Waals surface area contributed by atoms with Crippen molar-refractivity contribution in [2.24, 2.45) is 5.16 Å². The lowest BCUT2D eigenvalue weighted by molar-refractivity contribution is -0.129. The summed E-state index contributed by atoms with van der Waals surface area (Å²) in [5, 5.41) is 16.4. The van der Waals surface area contributed by atoms with Gasteiger partial charge in [-0.25, -0.2) is 14.6 Å². The molecule has 8 nitrogen and oxygen atoms in total. The molecule has 20 heavy (non-hydrogen) atoms. The summed E-state index contributed by atoms with van der Waals surface area (Å²) in [6, 6.07) is 0. The molecule has 1 rings (SSSR count). The van der Waals surface area contributed by atoms with Crippen molar-refractivity contribution in [1.82, 2.24) is 4.98 Å². The second-order valence-electron chi connectivity index (χ2n) is 4.59. The molecule has 0 aliphatic heterocycles. The maximum atomic E-state index is 11.5. The molecule has 0 aliphatic carbocycles. The molecule has 0 bridgehead atoms. The molecule has 0 atom stereocenters. The van der Waals surface area contributed by atoms with Gasteiger partial charge in [0.2, 0.25) is 5.71 Å². The molecule has 0 spiro atoms. The summed E-state index contributed by atoms with van der Waals surface area (Å²) < 4.78 is 5.05. The van der Waals surface area contributed by atoms with E-state index in [0.717, 1.165) is 11.3 Å². The van der Waals surface area contributed by atoms with E-state index in [9.17, 15) is 9.59 Å². The van der Waals surface area contributed by atoms with Crippen molar-refractivity contribution in [1.29, 1.82) is 0 Å². The van der Waals surface area contributed by atoms with E-state index in [-0.39, 0.29) is 16.5 Å². The first-order valence-corrected chi connectivity index (χ1v) is 6.41. The van der Waals surface area contributed by atoms with Gasteiger partial charge in [-0.1, -0.05) is 5.16 Å². The van der Waals surface area contributed by atoms with Gasteiger partial charge in [0.25, 0.3) is 0 Å². The van der Waals surface area contributed by atoms with Gasteiger partial charge in [0.15, 0.2) is 5.13 Å². The van der Waals surface area contributed by atoms with Gasteiger partial charge in [-0.05, 0) is 20.8 Å². The molecule has 1 aromatic heterocycles. The number of hydrogen-bond donors (Lipinski definition) is 2. The number of anilines is 1. The molecule has 1 aromatic rings. The number of nitrogens with zero attached hydrogens (tertiary/aromatic N) is 2. The molecule has 0 aromatic carbocycles. The third kappa shape index (κ3) is 4.84. The van der Waals surface area contributed by atoms with Crippen LogP contribution in [0, 0.1) is 0 Å². The summed E-state index contributed by atoms with van der Waals surface area (Å²) in [5.41, 5.74) is -0.884. The Morgan fingerprint density at radius 3 is 2.60 bits per heavy atom. The summed E-state index contributed by atoms with van der Waals surface area (Å²) in [6.07, 6.45) is -0.668. The predicted octanol–water partition coefficient (Wildman–Crippen LogP) is 1.93. The molecule has 9 heteroatoms. The topological polar surface area (TPSA) is 110 Å². The zero-order valence-corrected chi connectivity index (χ0v) is 12.3. The van der Waals surface area contributed by atoms with Crippen LogP contribution in [0.1, 0.15) is 26.5 Å². The van der Waals surface area contributed by atoms with E-state index in [0.29, 0.717) is 0 Å². The standard InChI is InChI=1S/C11H15N3O5S/c1-11(2,3)19-10(17)13-9-12-6(5-20-9)7(8(15)16)14-18-4/h5H,1-4H3,(H,15,16)(H,12,13,17)/b14-7+. The van der Waals surface area contributed by atoms with Crippen LogP contribution in [0.2, 0.25) is 0 Å². The van der Waals surface area contributed by atoms with Gasteiger partial charge in [0.1, 0.15) is 18.4 Å². The van der Waals surface area contributed by atoms with Gasteiger partial charge in [-0.2, -0.15) is 0 Å². The zero-order chi connectivity index (χ0) is 15.3. The minimum Gasteiger partial charge on any atom is -0.476 e. The van der Waals surface area contributed by atoms with Crippen molar-refractivity contribution in [2.75, 3.05) is 12.4 Å². The lowest BCUT2D eigenvalue weighted by Gasteiger charge is -2.18. The van der Waals surface area contributed by atoms with Crippen LogP contribution in [0.4, 0.5) is 9.93 Å². The maximum Gasteiger partial charge on any atom is 0.413 e. The summed E-state index contributed by atoms with van der Waals surface area (Å²) in [7, 11) is 1.23. The van der Waals surface area contributed by atoms with Crippen LogP contribution in [0.15, 0.2) is 10.5 Å². The number of hydrogen-bond acceptors (Lipinski definition) is 7. The van der Waals surface area contributed by atoms with Crippen molar-refractivity contribution < 1.29 is 24.3 Å². The Balaban J connectivity index is 2.80. The molecular weight excluding hydrogens is 286 g/mol. The average molecular weight is 301 g/mol. The van der Waals surface area contributed by atoms with Crippen LogP contribution in [-0.4, -0.2) is 40.6 Å². The number of thiazole rings is 1. The van der Waals surface area contributed by atoms with E-state index in [1.807, 2.05) is 0 Å². The van der Waals surface area contributed by atoms with Gasteiger partial charge >= 0.3 is 12.1 Å². The van der Waals surface area contributed by atoms with Gasteiger partial charge in [0, 0.05) is 5.38 Å². The molecule has 0 fully saturated rings. The molecule has 0 aliphatic rings. The Morgan fingerprint density at radius 2 is 2.10 bits per heavy atom. The fourth-order valence-corrected chi connectivity index (χ4v) is 1.80. The Kier molecular flexibility index (Phi) is 5.03. The van der Waals surface area contributed by atoms with Crippen LogP contribution in [0.3, 0.4) is 0 Å². The number of carbonyl (C=O) groups is 2. The highest BCUT2D eigenvalue weighted by molar-refractivity contribution is 7.14. The second kappa shape index (κ2) is 6.33. The quantitative estimate of drug-likeness (QED) is 0.649. The number of aliphatic carboxylic acids is 1. The Hall–Kier alpha value is -2.16. The summed E-state index contributed by atoms with van der Waals surface area (Å²) in [5.74, 6) is -1.28. The molecule has 0 unspecified atom stereocenters. The Bertz CT molecular complexity index is 532. The largest absolute Gasteiger partial charge is 0.476 e. The molecule has 1 amide bonds. The third-order valence-corrected chi connectivity index (χ3v) is 2.50. The van der Waals surface area contributed by atoms with Gasteiger partial charge in [0.05, 0.1) is 0 Å². The third-order valence-electron chi connectivity index (χ3n) is 1.74. The van der Waals surface area contributed by atoms with E-state index in [4.69, 9.17) is 9.84 Å². The average Bonchev–Trinajstić information content (AvgIpc) is 2.70. The minimum atomic E-state index is -1.28. The van der Waals surface area contributed by atoms with Crippen molar-refractivity contribution in [3.05, 3.63) is 11.1 Å². The highest BCUT2D eigenvalue weighted by atomic mass is 32.1. The van der Waals surface area contributed by atoms with Gasteiger partial charge < -0.3 is 14.7 Å². The molecule has 1 heterocycles. The first-order valence-electron chi connectivity index (χ1n) is 5.53. The maximum absolute atomic E-state index is 11.5. The van der Waals surface area contributed by atoms with Crippen molar-refractivity contribution in [2.45, 2.75) is 26.4 Å². The molecule has 0 radical (unpaired) electrons. The molecule has 0 saturated carbocycles. The van der Waals surface area contributed by atoms with Crippen molar-refractivity contribution in [3.8, 4) is 0 Å². The zero-order valence-electron chi connectivity index (χ0n) is 11.5. The van der Waals surface area contributed by atoms with Crippen LogP contribution in [0.5, 0.6) is 0 Å². The fourth-order valence-electron chi connectivity index (χ4n) is 1.12. The van der Waals surface area contributed by atoms with E-state index in [1.165, 1.54) is 12.5 Å². The molecule has 0 saturated heterocycles. The SMILES string of the molecule is CO/N=C(/C(=O)O)c1csc(NC(=O)OC(C)(C)C)n1. The predicted molar refractivity (Wildman–Crippen MR) is 73.2 cm³/mol. The monoisotopic (exact) mass is 301 g/mol. The number of carboxylic acid groups (broad SMARTS) is 1. The van der Waals surface area contributed by atoms with E-state index in [2.05, 4.69) is 20.3 Å². The first-order chi connectivity index (χ1) is 9.23. The Morgan fingerprint density at radius 1 is 1.45 bits per heavy atom. The fraction of sp³-hybridized carbons (Fsp3) is 0.455. The highest BCUT2D eigenvalue weighted by Gasteiger charge is 2.20. The van der Waals surface area contributed by atoms with Crippen LogP contribution >= 0.6 is 11.3 Å².